The average Bonchev–Trinajstić information content (AvgIpc) is 3.03. The highest BCUT2D eigenvalue weighted by molar-refractivity contribution is 6.32. The molecule has 0 saturated carbocycles. The summed E-state index contributed by atoms with van der Waals surface area (Å²) in [4.78, 5) is 0. The highest BCUT2D eigenvalue weighted by Crippen LogP contribution is 2.28. The van der Waals surface area contributed by atoms with Crippen molar-refractivity contribution in [2.45, 2.75) is 6.54 Å². The molecule has 0 fully saturated rings. The van der Waals surface area contributed by atoms with E-state index in [1.807, 2.05) is 48.7 Å². The number of phenolic OH excluding ortho intramolecular Hbond substituents is 1. The molecule has 0 bridgehead atoms. The lowest BCUT2D eigenvalue weighted by molar-refractivity contribution is 0.469. The number of para-hydroxylation sites is 3. The molecule has 3 aromatic rings. The number of hydrogen-bond donors (Lipinski definition) is 2. The fraction of sp³-hybridized carbons (Fsp3) is 0.0625. The van der Waals surface area contributed by atoms with Crippen LogP contribution >= 0.6 is 11.6 Å². The Morgan fingerprint density at radius 1 is 1.10 bits per heavy atom. The van der Waals surface area contributed by atoms with Crippen molar-refractivity contribution >= 4 is 17.3 Å². The van der Waals surface area contributed by atoms with Crippen molar-refractivity contribution < 1.29 is 5.11 Å². The van der Waals surface area contributed by atoms with Crippen LogP contribution in [0.2, 0.25) is 5.02 Å². The number of nitrogens with zero attached hydrogens (tertiary/aromatic N) is 2. The second kappa shape index (κ2) is 5.89. The number of benzene rings is 2. The van der Waals surface area contributed by atoms with Crippen molar-refractivity contribution in [3.05, 3.63) is 71.5 Å². The number of nitrogens with one attached hydrogen (secondary N) is 1. The maximum Gasteiger partial charge on any atom is 0.139 e. The van der Waals surface area contributed by atoms with Gasteiger partial charge in [0.05, 0.1) is 16.4 Å². The normalized spacial score (nSPS) is 10.5. The van der Waals surface area contributed by atoms with Gasteiger partial charge in [-0.1, -0.05) is 35.9 Å². The minimum atomic E-state index is 0.114. The van der Waals surface area contributed by atoms with Crippen LogP contribution in [0.25, 0.3) is 5.69 Å². The van der Waals surface area contributed by atoms with Crippen LogP contribution in [0.3, 0.4) is 0 Å². The standard InChI is InChI=1S/C16H14ClN3O/c17-13-6-3-5-12(16(13)21)11-18-14-7-1-2-8-15(14)20-10-4-9-19-20/h1-10,18,21H,11H2. The largest absolute Gasteiger partial charge is 0.506 e. The van der Waals surface area contributed by atoms with Crippen LogP contribution in [0.4, 0.5) is 5.69 Å². The molecular weight excluding hydrogens is 286 g/mol. The van der Waals surface area contributed by atoms with E-state index in [1.54, 1.807) is 16.9 Å². The molecule has 0 aliphatic heterocycles. The Kier molecular flexibility index (Phi) is 3.79. The van der Waals surface area contributed by atoms with Crippen molar-refractivity contribution in [3.8, 4) is 11.4 Å². The van der Waals surface area contributed by atoms with Gasteiger partial charge in [-0.15, -0.1) is 0 Å². The Labute approximate surface area is 127 Å². The fourth-order valence-corrected chi connectivity index (χ4v) is 2.32. The third kappa shape index (κ3) is 2.85. The number of hydrogen-bond acceptors (Lipinski definition) is 3. The van der Waals surface area contributed by atoms with Crippen molar-refractivity contribution in [2.24, 2.45) is 0 Å². The summed E-state index contributed by atoms with van der Waals surface area (Å²) in [7, 11) is 0. The monoisotopic (exact) mass is 299 g/mol. The predicted molar refractivity (Wildman–Crippen MR) is 84.0 cm³/mol. The first-order valence-corrected chi connectivity index (χ1v) is 6.93. The van der Waals surface area contributed by atoms with Gasteiger partial charge in [0.15, 0.2) is 0 Å². The van der Waals surface area contributed by atoms with E-state index in [-0.39, 0.29) is 5.75 Å². The minimum absolute atomic E-state index is 0.114. The first-order chi connectivity index (χ1) is 10.3. The molecule has 1 aromatic heterocycles. The predicted octanol–water partition coefficient (Wildman–Crippen LogP) is 3.84. The van der Waals surface area contributed by atoms with Crippen LogP contribution in [0, 0.1) is 0 Å². The van der Waals surface area contributed by atoms with E-state index in [2.05, 4.69) is 10.4 Å². The lowest BCUT2D eigenvalue weighted by Gasteiger charge is -2.13. The van der Waals surface area contributed by atoms with Crippen LogP contribution in [0.1, 0.15) is 5.56 Å². The van der Waals surface area contributed by atoms with Crippen LogP contribution in [0.5, 0.6) is 5.75 Å². The van der Waals surface area contributed by atoms with Gasteiger partial charge in [0.25, 0.3) is 0 Å². The second-order valence-electron chi connectivity index (χ2n) is 4.57. The quantitative estimate of drug-likeness (QED) is 0.769. The first-order valence-electron chi connectivity index (χ1n) is 6.55. The molecule has 2 aromatic carbocycles. The molecule has 0 atom stereocenters. The molecule has 0 aliphatic carbocycles. The zero-order valence-electron chi connectivity index (χ0n) is 11.2. The number of phenols is 1. The van der Waals surface area contributed by atoms with Crippen molar-refractivity contribution in [1.29, 1.82) is 0 Å². The molecule has 0 unspecified atom stereocenters. The summed E-state index contributed by atoms with van der Waals surface area (Å²) in [6.07, 6.45) is 3.62. The van der Waals surface area contributed by atoms with E-state index < -0.39 is 0 Å². The summed E-state index contributed by atoms with van der Waals surface area (Å²) in [6, 6.07) is 15.1. The van der Waals surface area contributed by atoms with E-state index in [0.29, 0.717) is 11.6 Å². The van der Waals surface area contributed by atoms with Gasteiger partial charge >= 0.3 is 0 Å². The molecule has 0 amide bonds. The number of aromatic hydroxyl groups is 1. The summed E-state index contributed by atoms with van der Waals surface area (Å²) in [5.41, 5.74) is 2.63. The number of halogens is 1. The van der Waals surface area contributed by atoms with Crippen LogP contribution in [0.15, 0.2) is 60.9 Å². The zero-order chi connectivity index (χ0) is 14.7. The van der Waals surface area contributed by atoms with Gasteiger partial charge in [-0.3, -0.25) is 0 Å². The van der Waals surface area contributed by atoms with Gasteiger partial charge in [0, 0.05) is 24.5 Å². The first kappa shape index (κ1) is 13.5. The van der Waals surface area contributed by atoms with E-state index in [0.717, 1.165) is 16.9 Å². The van der Waals surface area contributed by atoms with Gasteiger partial charge < -0.3 is 10.4 Å². The Bertz CT molecular complexity index is 741. The van der Waals surface area contributed by atoms with E-state index in [1.165, 1.54) is 0 Å². The van der Waals surface area contributed by atoms with E-state index in [4.69, 9.17) is 11.6 Å². The number of rotatable bonds is 4. The lowest BCUT2D eigenvalue weighted by Crippen LogP contribution is -2.05. The third-order valence-electron chi connectivity index (χ3n) is 3.19. The average molecular weight is 300 g/mol. The molecule has 21 heavy (non-hydrogen) atoms. The smallest absolute Gasteiger partial charge is 0.139 e. The molecule has 5 heteroatoms. The Balaban J connectivity index is 1.85. The molecule has 0 aliphatic rings. The topological polar surface area (TPSA) is 50.1 Å². The summed E-state index contributed by atoms with van der Waals surface area (Å²) >= 11 is 5.92. The second-order valence-corrected chi connectivity index (χ2v) is 4.98. The van der Waals surface area contributed by atoms with Crippen molar-refractivity contribution in [3.63, 3.8) is 0 Å². The zero-order valence-corrected chi connectivity index (χ0v) is 12.0. The van der Waals surface area contributed by atoms with Crippen molar-refractivity contribution in [2.75, 3.05) is 5.32 Å². The van der Waals surface area contributed by atoms with Gasteiger partial charge in [0.2, 0.25) is 0 Å². The molecular formula is C16H14ClN3O. The molecule has 0 saturated heterocycles. The van der Waals surface area contributed by atoms with Crippen LogP contribution in [-0.4, -0.2) is 14.9 Å². The lowest BCUT2D eigenvalue weighted by atomic mass is 10.2. The van der Waals surface area contributed by atoms with Gasteiger partial charge in [0.1, 0.15) is 5.75 Å². The van der Waals surface area contributed by atoms with Crippen LogP contribution < -0.4 is 5.32 Å². The van der Waals surface area contributed by atoms with Crippen LogP contribution in [-0.2, 0) is 6.54 Å². The highest BCUT2D eigenvalue weighted by atomic mass is 35.5. The summed E-state index contributed by atoms with van der Waals surface area (Å²) in [6.45, 7) is 0.477. The molecule has 0 spiro atoms. The molecule has 1 heterocycles. The fourth-order valence-electron chi connectivity index (χ4n) is 2.13. The maximum absolute atomic E-state index is 9.94. The molecule has 3 rings (SSSR count). The Morgan fingerprint density at radius 3 is 2.76 bits per heavy atom. The summed E-state index contributed by atoms with van der Waals surface area (Å²) in [5.74, 6) is 0.114. The highest BCUT2D eigenvalue weighted by Gasteiger charge is 2.07. The van der Waals surface area contributed by atoms with E-state index >= 15 is 0 Å². The number of anilines is 1. The van der Waals surface area contributed by atoms with Crippen molar-refractivity contribution in [1.82, 2.24) is 9.78 Å². The van der Waals surface area contributed by atoms with Gasteiger partial charge in [-0.25, -0.2) is 4.68 Å². The molecule has 4 nitrogen and oxygen atoms in total. The van der Waals surface area contributed by atoms with Gasteiger partial charge in [-0.05, 0) is 24.3 Å². The molecule has 106 valence electrons. The summed E-state index contributed by atoms with van der Waals surface area (Å²) in [5, 5.41) is 17.8. The summed E-state index contributed by atoms with van der Waals surface area (Å²) < 4.78 is 1.79. The molecule has 2 N–H and O–H groups in total. The third-order valence-corrected chi connectivity index (χ3v) is 3.50. The molecule has 0 radical (unpaired) electrons. The Hall–Kier alpha value is -2.46. The minimum Gasteiger partial charge on any atom is -0.506 e. The maximum atomic E-state index is 9.94. The SMILES string of the molecule is Oc1c(Cl)cccc1CNc1ccccc1-n1cccn1. The van der Waals surface area contributed by atoms with E-state index in [9.17, 15) is 5.11 Å². The number of aromatic nitrogens is 2. The Morgan fingerprint density at radius 2 is 1.95 bits per heavy atom. The van der Waals surface area contributed by atoms with Gasteiger partial charge in [-0.2, -0.15) is 5.10 Å².